The Morgan fingerprint density at radius 2 is 2.06 bits per heavy atom. The van der Waals surface area contributed by atoms with Gasteiger partial charge < -0.3 is 10.6 Å². The number of hydrogen-bond acceptors (Lipinski definition) is 2. The van der Waals surface area contributed by atoms with Gasteiger partial charge in [-0.2, -0.15) is 0 Å². The molecule has 0 aliphatic heterocycles. The first-order valence-electron chi connectivity index (χ1n) is 5.58. The van der Waals surface area contributed by atoms with Crippen molar-refractivity contribution in [2.45, 2.75) is 19.8 Å². The molecule has 0 bridgehead atoms. The predicted octanol–water partition coefficient (Wildman–Crippen LogP) is 2.33. The van der Waals surface area contributed by atoms with Crippen molar-refractivity contribution in [2.75, 3.05) is 11.9 Å². The van der Waals surface area contributed by atoms with Crippen LogP contribution in [0.25, 0.3) is 0 Å². The van der Waals surface area contributed by atoms with Crippen molar-refractivity contribution >= 4 is 29.1 Å². The number of anilines is 1. The molecule has 0 aliphatic rings. The monoisotopic (exact) mass is 272 g/mol. The highest BCUT2D eigenvalue weighted by Gasteiger charge is 2.14. The largest absolute Gasteiger partial charge is 0.348 e. The number of nitrogens with one attached hydrogen (secondary N) is 2. The molecule has 98 valence electrons. The van der Waals surface area contributed by atoms with E-state index in [4.69, 9.17) is 11.6 Å². The Morgan fingerprint density at radius 1 is 1.33 bits per heavy atom. The maximum Gasteiger partial charge on any atom is 0.313 e. The van der Waals surface area contributed by atoms with Gasteiger partial charge >= 0.3 is 11.8 Å². The Hall–Kier alpha value is -1.62. The first-order chi connectivity index (χ1) is 8.54. The molecule has 18 heavy (non-hydrogen) atoms. The number of unbranched alkanes of at least 4 members (excludes halogenated alkanes) is 1. The lowest BCUT2D eigenvalue weighted by molar-refractivity contribution is -0.136. The fourth-order valence-corrected chi connectivity index (χ4v) is 1.39. The third-order valence-corrected chi connectivity index (χ3v) is 2.44. The van der Waals surface area contributed by atoms with Crippen molar-refractivity contribution in [3.8, 4) is 0 Å². The maximum absolute atomic E-state index is 13.3. The Labute approximate surface area is 110 Å². The van der Waals surface area contributed by atoms with E-state index in [-0.39, 0.29) is 10.7 Å². The third-order valence-electron chi connectivity index (χ3n) is 2.20. The van der Waals surface area contributed by atoms with Crippen molar-refractivity contribution in [3.63, 3.8) is 0 Å². The van der Waals surface area contributed by atoms with Gasteiger partial charge in [-0.15, -0.1) is 0 Å². The molecule has 1 aromatic carbocycles. The van der Waals surface area contributed by atoms with Crippen molar-refractivity contribution < 1.29 is 14.0 Å². The molecule has 0 atom stereocenters. The Balaban J connectivity index is 2.56. The molecule has 0 aromatic heterocycles. The minimum Gasteiger partial charge on any atom is -0.348 e. The molecule has 1 aromatic rings. The number of amides is 2. The zero-order valence-corrected chi connectivity index (χ0v) is 10.7. The SMILES string of the molecule is CCCCNC(=O)C(=O)Nc1ccc(Cl)cc1F. The normalized spacial score (nSPS) is 9.94. The lowest BCUT2D eigenvalue weighted by atomic mass is 10.3. The second-order valence-corrected chi connectivity index (χ2v) is 4.12. The molecule has 0 radical (unpaired) electrons. The predicted molar refractivity (Wildman–Crippen MR) is 68.0 cm³/mol. The number of rotatable bonds is 4. The topological polar surface area (TPSA) is 58.2 Å². The highest BCUT2D eigenvalue weighted by molar-refractivity contribution is 6.39. The molecular weight excluding hydrogens is 259 g/mol. The molecule has 6 heteroatoms. The Kier molecular flexibility index (Phi) is 5.58. The van der Waals surface area contributed by atoms with Crippen molar-refractivity contribution in [2.24, 2.45) is 0 Å². The highest BCUT2D eigenvalue weighted by Crippen LogP contribution is 2.18. The minimum atomic E-state index is -0.896. The molecule has 0 spiro atoms. The van der Waals surface area contributed by atoms with Crippen LogP contribution in [-0.4, -0.2) is 18.4 Å². The van der Waals surface area contributed by atoms with Gasteiger partial charge in [0.15, 0.2) is 0 Å². The maximum atomic E-state index is 13.3. The van der Waals surface area contributed by atoms with Crippen molar-refractivity contribution in [3.05, 3.63) is 29.0 Å². The molecule has 0 unspecified atom stereocenters. The number of hydrogen-bond donors (Lipinski definition) is 2. The number of halogens is 2. The van der Waals surface area contributed by atoms with Gasteiger partial charge in [0, 0.05) is 11.6 Å². The summed E-state index contributed by atoms with van der Waals surface area (Å²) in [7, 11) is 0. The summed E-state index contributed by atoms with van der Waals surface area (Å²) < 4.78 is 13.3. The van der Waals surface area contributed by atoms with E-state index in [1.54, 1.807) is 0 Å². The summed E-state index contributed by atoms with van der Waals surface area (Å²) in [6.07, 6.45) is 1.70. The first-order valence-corrected chi connectivity index (χ1v) is 5.96. The van der Waals surface area contributed by atoms with E-state index in [1.807, 2.05) is 6.92 Å². The molecule has 0 saturated heterocycles. The summed E-state index contributed by atoms with van der Waals surface area (Å²) in [4.78, 5) is 22.7. The van der Waals surface area contributed by atoms with Gasteiger partial charge in [-0.05, 0) is 24.6 Å². The van der Waals surface area contributed by atoms with Crippen LogP contribution in [0.15, 0.2) is 18.2 Å². The fourth-order valence-electron chi connectivity index (χ4n) is 1.23. The number of carbonyl (C=O) groups excluding carboxylic acids is 2. The Morgan fingerprint density at radius 3 is 2.67 bits per heavy atom. The molecule has 0 fully saturated rings. The smallest absolute Gasteiger partial charge is 0.313 e. The van der Waals surface area contributed by atoms with Crippen LogP contribution in [-0.2, 0) is 9.59 Å². The van der Waals surface area contributed by atoms with Crippen LogP contribution >= 0.6 is 11.6 Å². The second-order valence-electron chi connectivity index (χ2n) is 3.69. The third kappa shape index (κ3) is 4.33. The molecule has 0 saturated carbocycles. The highest BCUT2D eigenvalue weighted by atomic mass is 35.5. The zero-order chi connectivity index (χ0) is 13.5. The molecule has 2 amide bonds. The van der Waals surface area contributed by atoms with E-state index < -0.39 is 17.6 Å². The van der Waals surface area contributed by atoms with E-state index in [0.29, 0.717) is 6.54 Å². The quantitative estimate of drug-likeness (QED) is 0.653. The van der Waals surface area contributed by atoms with E-state index in [1.165, 1.54) is 12.1 Å². The van der Waals surface area contributed by atoms with E-state index in [2.05, 4.69) is 10.6 Å². The molecule has 1 rings (SSSR count). The number of benzene rings is 1. The van der Waals surface area contributed by atoms with Gasteiger partial charge in [0.1, 0.15) is 5.82 Å². The van der Waals surface area contributed by atoms with Crippen LogP contribution in [0, 0.1) is 5.82 Å². The average Bonchev–Trinajstić information content (AvgIpc) is 2.32. The van der Waals surface area contributed by atoms with E-state index in [0.717, 1.165) is 18.9 Å². The van der Waals surface area contributed by atoms with Crippen LogP contribution in [0.4, 0.5) is 10.1 Å². The van der Waals surface area contributed by atoms with Crippen molar-refractivity contribution in [1.82, 2.24) is 5.32 Å². The van der Waals surface area contributed by atoms with Gasteiger partial charge in [-0.3, -0.25) is 9.59 Å². The molecule has 0 heterocycles. The first kappa shape index (κ1) is 14.4. The van der Waals surface area contributed by atoms with Crippen LogP contribution in [0.2, 0.25) is 5.02 Å². The van der Waals surface area contributed by atoms with Crippen LogP contribution in [0.1, 0.15) is 19.8 Å². The summed E-state index contributed by atoms with van der Waals surface area (Å²) >= 11 is 5.57. The lowest BCUT2D eigenvalue weighted by Crippen LogP contribution is -2.36. The Bertz CT molecular complexity index is 452. The van der Waals surface area contributed by atoms with Gasteiger partial charge in [0.05, 0.1) is 5.69 Å². The van der Waals surface area contributed by atoms with E-state index >= 15 is 0 Å². The summed E-state index contributed by atoms with van der Waals surface area (Å²) in [6, 6.07) is 3.79. The van der Waals surface area contributed by atoms with Gasteiger partial charge in [0.25, 0.3) is 0 Å². The van der Waals surface area contributed by atoms with Crippen LogP contribution in [0.5, 0.6) is 0 Å². The summed E-state index contributed by atoms with van der Waals surface area (Å²) in [5.74, 6) is -2.36. The van der Waals surface area contributed by atoms with Gasteiger partial charge in [-0.25, -0.2) is 4.39 Å². The van der Waals surface area contributed by atoms with Crippen molar-refractivity contribution in [1.29, 1.82) is 0 Å². The standard InChI is InChI=1S/C12H14ClFN2O2/c1-2-3-6-15-11(17)12(18)16-10-5-4-8(13)7-9(10)14/h4-5,7H,2-3,6H2,1H3,(H,15,17)(H,16,18). The molecule has 2 N–H and O–H groups in total. The zero-order valence-electron chi connectivity index (χ0n) is 9.93. The fraction of sp³-hybridized carbons (Fsp3) is 0.333. The summed E-state index contributed by atoms with van der Waals surface area (Å²) in [6.45, 7) is 2.39. The molecule has 4 nitrogen and oxygen atoms in total. The molecule has 0 aliphatic carbocycles. The van der Waals surface area contributed by atoms with Gasteiger partial charge in [-0.1, -0.05) is 24.9 Å². The van der Waals surface area contributed by atoms with E-state index in [9.17, 15) is 14.0 Å². The van der Waals surface area contributed by atoms with Gasteiger partial charge in [0.2, 0.25) is 0 Å². The van der Waals surface area contributed by atoms with Crippen LogP contribution < -0.4 is 10.6 Å². The number of carbonyl (C=O) groups is 2. The van der Waals surface area contributed by atoms with Crippen LogP contribution in [0.3, 0.4) is 0 Å². The summed E-state index contributed by atoms with van der Waals surface area (Å²) in [5, 5.41) is 4.83. The lowest BCUT2D eigenvalue weighted by Gasteiger charge is -2.07. The summed E-state index contributed by atoms with van der Waals surface area (Å²) in [5.41, 5.74) is -0.0740. The average molecular weight is 273 g/mol. The second kappa shape index (κ2) is 6.96. The molecular formula is C12H14ClFN2O2. The minimum absolute atomic E-state index is 0.0740.